The molecule has 2 unspecified atom stereocenters. The molecule has 1 aromatic heterocycles. The van der Waals surface area contributed by atoms with Gasteiger partial charge in [-0.15, -0.1) is 0 Å². The fourth-order valence-corrected chi connectivity index (χ4v) is 2.83. The van der Waals surface area contributed by atoms with E-state index >= 15 is 0 Å². The van der Waals surface area contributed by atoms with Crippen molar-refractivity contribution in [3.8, 4) is 0 Å². The Bertz CT molecular complexity index is 522. The Morgan fingerprint density at radius 1 is 1.33 bits per heavy atom. The van der Waals surface area contributed by atoms with Crippen molar-refractivity contribution in [1.82, 2.24) is 10.2 Å². The van der Waals surface area contributed by atoms with Crippen molar-refractivity contribution in [1.29, 1.82) is 0 Å². The summed E-state index contributed by atoms with van der Waals surface area (Å²) in [6, 6.07) is 6.63. The van der Waals surface area contributed by atoms with Gasteiger partial charge in [0.1, 0.15) is 0 Å². The lowest BCUT2D eigenvalue weighted by atomic mass is 9.92. The van der Waals surface area contributed by atoms with E-state index in [9.17, 15) is 0 Å². The molecule has 1 aromatic carbocycles. The highest BCUT2D eigenvalue weighted by Crippen LogP contribution is 2.27. The maximum Gasteiger partial charge on any atom is 0.0881 e. The molecule has 18 heavy (non-hydrogen) atoms. The van der Waals surface area contributed by atoms with E-state index in [-0.39, 0.29) is 0 Å². The SMILES string of the molecule is COC1CCCCC1Nc1cccc2cn[nH]c12. The van der Waals surface area contributed by atoms with E-state index in [0.717, 1.165) is 23.0 Å². The van der Waals surface area contributed by atoms with Gasteiger partial charge in [0.25, 0.3) is 0 Å². The summed E-state index contributed by atoms with van der Waals surface area (Å²) in [6.45, 7) is 0. The number of fused-ring (bicyclic) bond motifs is 1. The molecule has 0 saturated heterocycles. The van der Waals surface area contributed by atoms with Gasteiger partial charge in [-0.3, -0.25) is 5.10 Å². The van der Waals surface area contributed by atoms with Gasteiger partial charge in [-0.05, 0) is 18.9 Å². The Labute approximate surface area is 107 Å². The minimum absolute atomic E-state index is 0.317. The predicted molar refractivity (Wildman–Crippen MR) is 72.8 cm³/mol. The van der Waals surface area contributed by atoms with Crippen LogP contribution in [0.4, 0.5) is 5.69 Å². The average Bonchev–Trinajstić information content (AvgIpc) is 2.89. The second kappa shape index (κ2) is 4.98. The molecule has 2 atom stereocenters. The Morgan fingerprint density at radius 3 is 3.11 bits per heavy atom. The minimum Gasteiger partial charge on any atom is -0.379 e. The molecule has 4 heteroatoms. The summed E-state index contributed by atoms with van der Waals surface area (Å²) in [5.74, 6) is 0. The molecule has 1 aliphatic carbocycles. The molecule has 96 valence electrons. The number of methoxy groups -OCH3 is 1. The number of nitrogens with one attached hydrogen (secondary N) is 2. The molecule has 0 aliphatic heterocycles. The van der Waals surface area contributed by atoms with Crippen LogP contribution in [-0.2, 0) is 4.74 Å². The number of hydrogen-bond donors (Lipinski definition) is 2. The van der Waals surface area contributed by atoms with Gasteiger partial charge in [-0.1, -0.05) is 25.0 Å². The molecule has 2 N–H and O–H groups in total. The minimum atomic E-state index is 0.317. The van der Waals surface area contributed by atoms with Crippen molar-refractivity contribution in [2.45, 2.75) is 37.8 Å². The first kappa shape index (κ1) is 11.5. The molecule has 1 fully saturated rings. The molecule has 1 saturated carbocycles. The first-order chi connectivity index (χ1) is 8.88. The van der Waals surface area contributed by atoms with Gasteiger partial charge < -0.3 is 10.1 Å². The lowest BCUT2D eigenvalue weighted by Crippen LogP contribution is -2.37. The number of benzene rings is 1. The zero-order valence-electron chi connectivity index (χ0n) is 10.6. The molecule has 0 spiro atoms. The number of aromatic nitrogens is 2. The van der Waals surface area contributed by atoms with Crippen LogP contribution in [0.1, 0.15) is 25.7 Å². The van der Waals surface area contributed by atoms with E-state index < -0.39 is 0 Å². The summed E-state index contributed by atoms with van der Waals surface area (Å²) in [7, 11) is 1.81. The van der Waals surface area contributed by atoms with Crippen molar-refractivity contribution in [2.75, 3.05) is 12.4 Å². The molecule has 4 nitrogen and oxygen atoms in total. The Morgan fingerprint density at radius 2 is 2.22 bits per heavy atom. The van der Waals surface area contributed by atoms with Crippen LogP contribution in [0.25, 0.3) is 10.9 Å². The van der Waals surface area contributed by atoms with Crippen LogP contribution >= 0.6 is 0 Å². The van der Waals surface area contributed by atoms with Gasteiger partial charge in [-0.25, -0.2) is 0 Å². The van der Waals surface area contributed by atoms with Crippen LogP contribution in [0.3, 0.4) is 0 Å². The largest absolute Gasteiger partial charge is 0.379 e. The third-order valence-corrected chi connectivity index (χ3v) is 3.82. The summed E-state index contributed by atoms with van der Waals surface area (Å²) in [4.78, 5) is 0. The predicted octanol–water partition coefficient (Wildman–Crippen LogP) is 2.93. The number of para-hydroxylation sites is 1. The Kier molecular flexibility index (Phi) is 3.19. The van der Waals surface area contributed by atoms with Crippen molar-refractivity contribution < 1.29 is 4.74 Å². The summed E-state index contributed by atoms with van der Waals surface area (Å²) in [5, 5.41) is 11.9. The van der Waals surface area contributed by atoms with Crippen molar-refractivity contribution in [3.63, 3.8) is 0 Å². The molecule has 0 bridgehead atoms. The zero-order valence-corrected chi connectivity index (χ0v) is 10.6. The smallest absolute Gasteiger partial charge is 0.0881 e. The number of nitrogens with zero attached hydrogens (tertiary/aromatic N) is 1. The van der Waals surface area contributed by atoms with E-state index in [4.69, 9.17) is 4.74 Å². The Hall–Kier alpha value is -1.55. The normalized spacial score (nSPS) is 24.3. The quantitative estimate of drug-likeness (QED) is 0.874. The zero-order chi connectivity index (χ0) is 12.4. The maximum absolute atomic E-state index is 5.58. The van der Waals surface area contributed by atoms with Crippen LogP contribution in [-0.4, -0.2) is 29.5 Å². The standard InChI is InChI=1S/C14H19N3O/c1-18-13-8-3-2-6-11(13)16-12-7-4-5-10-9-15-17-14(10)12/h4-5,7,9,11,13,16H,2-3,6,8H2,1H3,(H,15,17). The van der Waals surface area contributed by atoms with Gasteiger partial charge in [-0.2, -0.15) is 5.10 Å². The van der Waals surface area contributed by atoms with E-state index in [1.807, 2.05) is 6.20 Å². The Balaban J connectivity index is 1.84. The van der Waals surface area contributed by atoms with Gasteiger partial charge in [0, 0.05) is 12.5 Å². The third-order valence-electron chi connectivity index (χ3n) is 3.82. The molecule has 3 rings (SSSR count). The summed E-state index contributed by atoms with van der Waals surface area (Å²) in [6.07, 6.45) is 7.03. The average molecular weight is 245 g/mol. The van der Waals surface area contributed by atoms with Crippen molar-refractivity contribution in [3.05, 3.63) is 24.4 Å². The third kappa shape index (κ3) is 2.08. The first-order valence-corrected chi connectivity index (χ1v) is 6.60. The van der Waals surface area contributed by atoms with Crippen molar-refractivity contribution >= 4 is 16.6 Å². The van der Waals surface area contributed by atoms with Gasteiger partial charge in [0.15, 0.2) is 0 Å². The number of hydrogen-bond acceptors (Lipinski definition) is 3. The second-order valence-corrected chi connectivity index (χ2v) is 4.95. The highest BCUT2D eigenvalue weighted by molar-refractivity contribution is 5.90. The van der Waals surface area contributed by atoms with Gasteiger partial charge in [0.05, 0.1) is 29.5 Å². The van der Waals surface area contributed by atoms with E-state index in [2.05, 4.69) is 33.7 Å². The van der Waals surface area contributed by atoms with E-state index in [1.54, 1.807) is 7.11 Å². The van der Waals surface area contributed by atoms with Gasteiger partial charge >= 0.3 is 0 Å². The summed E-state index contributed by atoms with van der Waals surface area (Å²) < 4.78 is 5.58. The summed E-state index contributed by atoms with van der Waals surface area (Å²) in [5.41, 5.74) is 2.21. The van der Waals surface area contributed by atoms with Crippen LogP contribution < -0.4 is 5.32 Å². The molecular weight excluding hydrogens is 226 g/mol. The molecule has 2 aromatic rings. The van der Waals surface area contributed by atoms with Crippen LogP contribution in [0.5, 0.6) is 0 Å². The molecular formula is C14H19N3O. The molecule has 0 amide bonds. The summed E-state index contributed by atoms with van der Waals surface area (Å²) >= 11 is 0. The number of anilines is 1. The van der Waals surface area contributed by atoms with E-state index in [0.29, 0.717) is 12.1 Å². The van der Waals surface area contributed by atoms with Crippen LogP contribution in [0.2, 0.25) is 0 Å². The molecule has 0 radical (unpaired) electrons. The number of aromatic amines is 1. The lowest BCUT2D eigenvalue weighted by Gasteiger charge is -2.31. The highest BCUT2D eigenvalue weighted by atomic mass is 16.5. The maximum atomic E-state index is 5.58. The lowest BCUT2D eigenvalue weighted by molar-refractivity contribution is 0.0606. The van der Waals surface area contributed by atoms with Crippen LogP contribution in [0, 0.1) is 0 Å². The fraction of sp³-hybridized carbons (Fsp3) is 0.500. The number of ether oxygens (including phenoxy) is 1. The number of H-pyrrole nitrogens is 1. The molecule has 1 heterocycles. The van der Waals surface area contributed by atoms with Gasteiger partial charge in [0.2, 0.25) is 0 Å². The fourth-order valence-electron chi connectivity index (χ4n) is 2.83. The number of rotatable bonds is 3. The highest BCUT2D eigenvalue weighted by Gasteiger charge is 2.25. The topological polar surface area (TPSA) is 49.9 Å². The van der Waals surface area contributed by atoms with Crippen LogP contribution in [0.15, 0.2) is 24.4 Å². The molecule has 1 aliphatic rings. The monoisotopic (exact) mass is 245 g/mol. The second-order valence-electron chi connectivity index (χ2n) is 4.95. The first-order valence-electron chi connectivity index (χ1n) is 6.60. The van der Waals surface area contributed by atoms with E-state index in [1.165, 1.54) is 19.3 Å². The van der Waals surface area contributed by atoms with Crippen molar-refractivity contribution in [2.24, 2.45) is 0 Å².